The first kappa shape index (κ1) is 8.77. The Morgan fingerprint density at radius 1 is 1.50 bits per heavy atom. The Morgan fingerprint density at radius 2 is 2.17 bits per heavy atom. The quantitative estimate of drug-likeness (QED) is 0.646. The molecule has 1 aromatic rings. The number of hydrogen-bond acceptors (Lipinski definition) is 3. The van der Waals surface area contributed by atoms with E-state index in [1.165, 1.54) is 23.3 Å². The number of aromatic nitrogens is 2. The summed E-state index contributed by atoms with van der Waals surface area (Å²) in [6, 6.07) is 1.46. The summed E-state index contributed by atoms with van der Waals surface area (Å²) in [5.41, 5.74) is -0.0336. The summed E-state index contributed by atoms with van der Waals surface area (Å²) >= 11 is 0. The standard InChI is InChI=1S/C8H13N3O/c1-3-10(4-2)11-7-9-6-5-8(11)12/h5-7H,3-4H2,1-2H3. The maximum absolute atomic E-state index is 11.3. The molecule has 0 atom stereocenters. The summed E-state index contributed by atoms with van der Waals surface area (Å²) in [6.07, 6.45) is 3.04. The maximum Gasteiger partial charge on any atom is 0.271 e. The maximum atomic E-state index is 11.3. The third kappa shape index (κ3) is 1.64. The molecule has 0 amide bonds. The highest BCUT2D eigenvalue weighted by molar-refractivity contribution is 4.89. The van der Waals surface area contributed by atoms with E-state index < -0.39 is 0 Å². The van der Waals surface area contributed by atoms with Gasteiger partial charge in [0.1, 0.15) is 6.33 Å². The number of hydrogen-bond donors (Lipinski definition) is 0. The minimum Gasteiger partial charge on any atom is -0.309 e. The molecular formula is C8H13N3O. The molecule has 0 saturated heterocycles. The zero-order valence-corrected chi connectivity index (χ0v) is 7.40. The molecule has 0 saturated carbocycles. The lowest BCUT2D eigenvalue weighted by Gasteiger charge is -2.21. The van der Waals surface area contributed by atoms with E-state index >= 15 is 0 Å². The van der Waals surface area contributed by atoms with Crippen molar-refractivity contribution < 1.29 is 0 Å². The van der Waals surface area contributed by atoms with Gasteiger partial charge in [-0.3, -0.25) is 4.79 Å². The molecule has 0 N–H and O–H groups in total. The second-order valence-corrected chi connectivity index (χ2v) is 2.40. The van der Waals surface area contributed by atoms with Gasteiger partial charge in [0.05, 0.1) is 0 Å². The lowest BCUT2D eigenvalue weighted by molar-refractivity contribution is 0.589. The van der Waals surface area contributed by atoms with Crippen LogP contribution in [0.4, 0.5) is 0 Å². The van der Waals surface area contributed by atoms with Crippen LogP contribution in [-0.4, -0.2) is 22.7 Å². The molecule has 1 rings (SSSR count). The summed E-state index contributed by atoms with van der Waals surface area (Å²) in [5, 5.41) is 1.91. The SMILES string of the molecule is CCN(CC)n1cnccc1=O. The lowest BCUT2D eigenvalue weighted by Crippen LogP contribution is -2.41. The van der Waals surface area contributed by atoms with E-state index in [1.807, 2.05) is 18.9 Å². The van der Waals surface area contributed by atoms with Gasteiger partial charge in [-0.25, -0.2) is 9.66 Å². The molecule has 66 valence electrons. The van der Waals surface area contributed by atoms with Gasteiger partial charge < -0.3 is 5.01 Å². The molecule has 4 nitrogen and oxygen atoms in total. The van der Waals surface area contributed by atoms with Crippen LogP contribution in [0.15, 0.2) is 23.4 Å². The van der Waals surface area contributed by atoms with Gasteiger partial charge in [-0.05, 0) is 13.8 Å². The minimum atomic E-state index is -0.0336. The largest absolute Gasteiger partial charge is 0.309 e. The molecular weight excluding hydrogens is 154 g/mol. The second kappa shape index (κ2) is 3.90. The van der Waals surface area contributed by atoms with Crippen LogP contribution in [0.5, 0.6) is 0 Å². The fourth-order valence-corrected chi connectivity index (χ4v) is 1.08. The molecule has 1 heterocycles. The van der Waals surface area contributed by atoms with Crippen LogP contribution in [-0.2, 0) is 0 Å². The van der Waals surface area contributed by atoms with Crippen molar-refractivity contribution in [1.29, 1.82) is 0 Å². The third-order valence-corrected chi connectivity index (χ3v) is 1.74. The van der Waals surface area contributed by atoms with Gasteiger partial charge in [0.2, 0.25) is 0 Å². The van der Waals surface area contributed by atoms with Crippen molar-refractivity contribution in [2.45, 2.75) is 13.8 Å². The third-order valence-electron chi connectivity index (χ3n) is 1.74. The zero-order chi connectivity index (χ0) is 8.97. The normalized spacial score (nSPS) is 9.83. The van der Waals surface area contributed by atoms with E-state index in [0.717, 1.165) is 13.1 Å². The van der Waals surface area contributed by atoms with Crippen molar-refractivity contribution in [2.75, 3.05) is 18.1 Å². The second-order valence-electron chi connectivity index (χ2n) is 2.40. The molecule has 0 aliphatic rings. The summed E-state index contributed by atoms with van der Waals surface area (Å²) in [4.78, 5) is 15.1. The molecule has 0 radical (unpaired) electrons. The Balaban J connectivity index is 3.00. The summed E-state index contributed by atoms with van der Waals surface area (Å²) in [5.74, 6) is 0. The van der Waals surface area contributed by atoms with Gasteiger partial charge in [0, 0.05) is 25.4 Å². The fraction of sp³-hybridized carbons (Fsp3) is 0.500. The summed E-state index contributed by atoms with van der Waals surface area (Å²) in [6.45, 7) is 5.62. The topological polar surface area (TPSA) is 38.1 Å². The Kier molecular flexibility index (Phi) is 2.85. The minimum absolute atomic E-state index is 0.0336. The van der Waals surface area contributed by atoms with Crippen LogP contribution in [0.1, 0.15) is 13.8 Å². The summed E-state index contributed by atoms with van der Waals surface area (Å²) in [7, 11) is 0. The van der Waals surface area contributed by atoms with Crippen molar-refractivity contribution in [3.8, 4) is 0 Å². The fourth-order valence-electron chi connectivity index (χ4n) is 1.08. The van der Waals surface area contributed by atoms with Gasteiger partial charge in [-0.15, -0.1) is 0 Å². The van der Waals surface area contributed by atoms with Crippen LogP contribution < -0.4 is 10.6 Å². The molecule has 0 unspecified atom stereocenters. The first-order valence-electron chi connectivity index (χ1n) is 4.07. The monoisotopic (exact) mass is 167 g/mol. The van der Waals surface area contributed by atoms with Crippen molar-refractivity contribution in [3.05, 3.63) is 28.9 Å². The van der Waals surface area contributed by atoms with Crippen molar-refractivity contribution >= 4 is 0 Å². The van der Waals surface area contributed by atoms with Gasteiger partial charge >= 0.3 is 0 Å². The Morgan fingerprint density at radius 3 is 2.67 bits per heavy atom. The van der Waals surface area contributed by atoms with Gasteiger partial charge in [-0.1, -0.05) is 0 Å². The van der Waals surface area contributed by atoms with Crippen LogP contribution in [0.25, 0.3) is 0 Å². The molecule has 0 aliphatic carbocycles. The zero-order valence-electron chi connectivity index (χ0n) is 7.40. The molecule has 0 aliphatic heterocycles. The van der Waals surface area contributed by atoms with E-state index in [2.05, 4.69) is 4.98 Å². The van der Waals surface area contributed by atoms with Crippen LogP contribution >= 0.6 is 0 Å². The van der Waals surface area contributed by atoms with Gasteiger partial charge in [0.25, 0.3) is 5.56 Å². The van der Waals surface area contributed by atoms with E-state index in [9.17, 15) is 4.79 Å². The molecule has 0 bridgehead atoms. The Labute approximate surface area is 71.4 Å². The van der Waals surface area contributed by atoms with Crippen LogP contribution in [0.2, 0.25) is 0 Å². The highest BCUT2D eigenvalue weighted by atomic mass is 16.1. The predicted octanol–water partition coefficient (Wildman–Crippen LogP) is 0.221. The number of rotatable bonds is 3. The predicted molar refractivity (Wildman–Crippen MR) is 47.8 cm³/mol. The smallest absolute Gasteiger partial charge is 0.271 e. The van der Waals surface area contributed by atoms with Gasteiger partial charge in [-0.2, -0.15) is 0 Å². The van der Waals surface area contributed by atoms with Crippen molar-refractivity contribution in [3.63, 3.8) is 0 Å². The van der Waals surface area contributed by atoms with Crippen LogP contribution in [0.3, 0.4) is 0 Å². The highest BCUT2D eigenvalue weighted by Crippen LogP contribution is 1.83. The Hall–Kier alpha value is -1.32. The van der Waals surface area contributed by atoms with E-state index in [4.69, 9.17) is 0 Å². The van der Waals surface area contributed by atoms with Crippen molar-refractivity contribution in [1.82, 2.24) is 9.66 Å². The average molecular weight is 167 g/mol. The molecule has 4 heteroatoms. The molecule has 0 aromatic carbocycles. The Bertz CT molecular complexity index is 290. The summed E-state index contributed by atoms with van der Waals surface area (Å²) < 4.78 is 1.53. The van der Waals surface area contributed by atoms with E-state index in [1.54, 1.807) is 0 Å². The van der Waals surface area contributed by atoms with Crippen molar-refractivity contribution in [2.24, 2.45) is 0 Å². The van der Waals surface area contributed by atoms with E-state index in [-0.39, 0.29) is 5.56 Å². The van der Waals surface area contributed by atoms with E-state index in [0.29, 0.717) is 0 Å². The lowest BCUT2D eigenvalue weighted by atomic mass is 10.6. The molecule has 12 heavy (non-hydrogen) atoms. The molecule has 1 aromatic heterocycles. The number of nitrogens with zero attached hydrogens (tertiary/aromatic N) is 3. The average Bonchev–Trinajstić information content (AvgIpc) is 2.10. The molecule has 0 spiro atoms. The van der Waals surface area contributed by atoms with Crippen LogP contribution in [0, 0.1) is 0 Å². The highest BCUT2D eigenvalue weighted by Gasteiger charge is 2.00. The van der Waals surface area contributed by atoms with Gasteiger partial charge in [0.15, 0.2) is 0 Å². The molecule has 0 fully saturated rings. The first-order chi connectivity index (χ1) is 5.79. The first-order valence-corrected chi connectivity index (χ1v) is 4.07.